The molecule has 0 radical (unpaired) electrons. The summed E-state index contributed by atoms with van der Waals surface area (Å²) < 4.78 is 10.3. The van der Waals surface area contributed by atoms with Gasteiger partial charge >= 0.3 is 5.97 Å². The van der Waals surface area contributed by atoms with E-state index in [0.29, 0.717) is 28.7 Å². The van der Waals surface area contributed by atoms with Crippen LogP contribution in [0.4, 0.5) is 0 Å². The average Bonchev–Trinajstić information content (AvgIpc) is 2.79. The molecule has 0 fully saturated rings. The van der Waals surface area contributed by atoms with Gasteiger partial charge in [0.1, 0.15) is 5.92 Å². The van der Waals surface area contributed by atoms with E-state index in [0.717, 1.165) is 5.56 Å². The fourth-order valence-corrected chi connectivity index (χ4v) is 5.07. The predicted molar refractivity (Wildman–Crippen MR) is 124 cm³/mol. The van der Waals surface area contributed by atoms with Crippen LogP contribution in [0.25, 0.3) is 0 Å². The molecule has 0 unspecified atom stereocenters. The largest absolute Gasteiger partial charge is 0.491 e. The van der Waals surface area contributed by atoms with Gasteiger partial charge in [0.2, 0.25) is 5.91 Å². The van der Waals surface area contributed by atoms with E-state index in [1.807, 2.05) is 30.3 Å². The van der Waals surface area contributed by atoms with Crippen LogP contribution in [0.5, 0.6) is 5.75 Å². The Bertz CT molecular complexity index is 1080. The molecular weight excluding hydrogens is 471 g/mol. The molecule has 166 valence electrons. The number of halogens is 2. The number of nitrogens with zero attached hydrogens (tertiary/aromatic N) is 1. The standard InChI is InChI=1S/C23H20Cl2N2O4S/c1-3-31-20-16(24)9-14(10-17(20)25)18-15(11-26)22(27-21(28)19(18)23(29)30-2)32-12-13-7-5-4-6-8-13/h4-10,18-19H,3,12H2,1-2H3,(H,27,28)/t18-,19+/m0/s1. The number of carbonyl (C=O) groups excluding carboxylic acids is 2. The van der Waals surface area contributed by atoms with Gasteiger partial charge in [0, 0.05) is 11.7 Å². The Morgan fingerprint density at radius 1 is 1.22 bits per heavy atom. The van der Waals surface area contributed by atoms with Crippen molar-refractivity contribution in [3.63, 3.8) is 0 Å². The Morgan fingerprint density at radius 2 is 1.88 bits per heavy atom. The van der Waals surface area contributed by atoms with Crippen molar-refractivity contribution in [3.05, 3.63) is 74.2 Å². The molecule has 0 bridgehead atoms. The van der Waals surface area contributed by atoms with Crippen molar-refractivity contribution in [3.8, 4) is 11.8 Å². The number of thioether (sulfide) groups is 1. The van der Waals surface area contributed by atoms with Gasteiger partial charge in [0.15, 0.2) is 5.75 Å². The van der Waals surface area contributed by atoms with Crippen LogP contribution in [0, 0.1) is 17.2 Å². The molecule has 1 heterocycles. The molecule has 1 aliphatic rings. The highest BCUT2D eigenvalue weighted by Gasteiger charge is 2.44. The minimum atomic E-state index is -1.26. The van der Waals surface area contributed by atoms with Crippen molar-refractivity contribution in [2.75, 3.05) is 13.7 Å². The Labute approximate surface area is 200 Å². The van der Waals surface area contributed by atoms with Crippen molar-refractivity contribution < 1.29 is 19.1 Å². The summed E-state index contributed by atoms with van der Waals surface area (Å²) in [6.45, 7) is 2.16. The molecule has 0 aromatic heterocycles. The smallest absolute Gasteiger partial charge is 0.319 e. The van der Waals surface area contributed by atoms with Gasteiger partial charge < -0.3 is 14.8 Å². The van der Waals surface area contributed by atoms with Crippen LogP contribution >= 0.6 is 35.0 Å². The van der Waals surface area contributed by atoms with Crippen molar-refractivity contribution >= 4 is 46.8 Å². The summed E-state index contributed by atoms with van der Waals surface area (Å²) in [5.41, 5.74) is 1.70. The van der Waals surface area contributed by atoms with Crippen LogP contribution in [0.2, 0.25) is 10.0 Å². The summed E-state index contributed by atoms with van der Waals surface area (Å²) in [6.07, 6.45) is 0. The molecule has 1 amide bonds. The van der Waals surface area contributed by atoms with E-state index in [1.165, 1.54) is 18.9 Å². The van der Waals surface area contributed by atoms with Crippen LogP contribution in [0.1, 0.15) is 24.0 Å². The van der Waals surface area contributed by atoms with Crippen LogP contribution in [0.15, 0.2) is 53.1 Å². The van der Waals surface area contributed by atoms with Gasteiger partial charge in [-0.05, 0) is 30.2 Å². The van der Waals surface area contributed by atoms with Crippen molar-refractivity contribution in [2.24, 2.45) is 5.92 Å². The summed E-state index contributed by atoms with van der Waals surface area (Å²) in [5.74, 6) is -2.66. The molecule has 1 aliphatic heterocycles. The van der Waals surface area contributed by atoms with Crippen molar-refractivity contribution in [1.82, 2.24) is 5.32 Å². The minimum absolute atomic E-state index is 0.222. The molecule has 6 nitrogen and oxygen atoms in total. The number of hydrogen-bond donors (Lipinski definition) is 1. The SMILES string of the molecule is CCOc1c(Cl)cc([C@H]2C(C#N)=C(SCc3ccccc3)NC(=O)[C@@H]2C(=O)OC)cc1Cl. The molecule has 0 saturated carbocycles. The maximum absolute atomic E-state index is 12.9. The first-order valence-electron chi connectivity index (χ1n) is 9.72. The Kier molecular flexibility index (Phi) is 8.08. The number of hydrogen-bond acceptors (Lipinski definition) is 6. The number of benzene rings is 2. The summed E-state index contributed by atoms with van der Waals surface area (Å²) in [6, 6.07) is 14.9. The molecule has 3 rings (SSSR count). The highest BCUT2D eigenvalue weighted by Crippen LogP contribution is 2.44. The number of nitriles is 1. The lowest BCUT2D eigenvalue weighted by Gasteiger charge is -2.31. The van der Waals surface area contributed by atoms with E-state index >= 15 is 0 Å². The first kappa shape index (κ1) is 24.0. The van der Waals surface area contributed by atoms with Gasteiger partial charge in [-0.1, -0.05) is 53.5 Å². The second kappa shape index (κ2) is 10.8. The Hall–Kier alpha value is -2.66. The molecular formula is C23H20Cl2N2O4S. The van der Waals surface area contributed by atoms with Crippen molar-refractivity contribution in [1.29, 1.82) is 5.26 Å². The lowest BCUT2D eigenvalue weighted by Crippen LogP contribution is -2.44. The average molecular weight is 491 g/mol. The van der Waals surface area contributed by atoms with Gasteiger partial charge in [-0.15, -0.1) is 11.8 Å². The Morgan fingerprint density at radius 3 is 2.44 bits per heavy atom. The monoisotopic (exact) mass is 490 g/mol. The molecule has 32 heavy (non-hydrogen) atoms. The highest BCUT2D eigenvalue weighted by molar-refractivity contribution is 8.02. The number of amides is 1. The number of esters is 1. The molecule has 0 spiro atoms. The number of ether oxygens (including phenoxy) is 2. The number of nitrogens with one attached hydrogen (secondary N) is 1. The van der Waals surface area contributed by atoms with Gasteiger partial charge in [0.25, 0.3) is 0 Å². The maximum Gasteiger partial charge on any atom is 0.319 e. The third kappa shape index (κ3) is 5.04. The lowest BCUT2D eigenvalue weighted by molar-refractivity contribution is -0.150. The molecule has 1 N–H and O–H groups in total. The van der Waals surface area contributed by atoms with E-state index in [4.69, 9.17) is 32.7 Å². The van der Waals surface area contributed by atoms with E-state index in [2.05, 4.69) is 11.4 Å². The van der Waals surface area contributed by atoms with E-state index in [-0.39, 0.29) is 15.6 Å². The number of allylic oxidation sites excluding steroid dienone is 1. The van der Waals surface area contributed by atoms with Crippen LogP contribution in [-0.4, -0.2) is 25.6 Å². The minimum Gasteiger partial charge on any atom is -0.491 e. The molecule has 0 aliphatic carbocycles. The number of carbonyl (C=O) groups is 2. The zero-order valence-electron chi connectivity index (χ0n) is 17.4. The van der Waals surface area contributed by atoms with Crippen LogP contribution < -0.4 is 10.1 Å². The highest BCUT2D eigenvalue weighted by atomic mass is 35.5. The summed E-state index contributed by atoms with van der Waals surface area (Å²) in [5, 5.41) is 13.5. The summed E-state index contributed by atoms with van der Waals surface area (Å²) in [4.78, 5) is 25.5. The zero-order valence-corrected chi connectivity index (χ0v) is 19.7. The van der Waals surface area contributed by atoms with E-state index in [9.17, 15) is 14.9 Å². The summed E-state index contributed by atoms with van der Waals surface area (Å²) in [7, 11) is 1.19. The second-order valence-corrected chi connectivity index (χ2v) is 8.64. The zero-order chi connectivity index (χ0) is 23.3. The molecule has 2 aromatic rings. The third-order valence-corrected chi connectivity index (χ3v) is 6.53. The van der Waals surface area contributed by atoms with Gasteiger partial charge in [-0.25, -0.2) is 0 Å². The normalized spacial score (nSPS) is 18.0. The van der Waals surface area contributed by atoms with Crippen LogP contribution in [0.3, 0.4) is 0 Å². The predicted octanol–water partition coefficient (Wildman–Crippen LogP) is 5.06. The maximum atomic E-state index is 12.9. The number of rotatable bonds is 7. The first-order valence-corrected chi connectivity index (χ1v) is 11.5. The fourth-order valence-electron chi connectivity index (χ4n) is 3.45. The number of methoxy groups -OCH3 is 1. The molecule has 0 saturated heterocycles. The van der Waals surface area contributed by atoms with Crippen LogP contribution in [-0.2, 0) is 20.1 Å². The van der Waals surface area contributed by atoms with Gasteiger partial charge in [-0.2, -0.15) is 5.26 Å². The quantitative estimate of drug-likeness (QED) is 0.430. The molecule has 9 heteroatoms. The fraction of sp³-hybridized carbons (Fsp3) is 0.261. The van der Waals surface area contributed by atoms with Gasteiger partial charge in [-0.3, -0.25) is 9.59 Å². The van der Waals surface area contributed by atoms with Gasteiger partial charge in [0.05, 0.1) is 40.4 Å². The lowest BCUT2D eigenvalue weighted by atomic mass is 9.78. The second-order valence-electron chi connectivity index (χ2n) is 6.84. The third-order valence-electron chi connectivity index (χ3n) is 4.88. The summed E-state index contributed by atoms with van der Waals surface area (Å²) >= 11 is 14.0. The van der Waals surface area contributed by atoms with Crippen molar-refractivity contribution in [2.45, 2.75) is 18.6 Å². The topological polar surface area (TPSA) is 88.4 Å². The van der Waals surface area contributed by atoms with E-state index < -0.39 is 23.7 Å². The molecule has 2 atom stereocenters. The first-order chi connectivity index (χ1) is 15.4. The Balaban J connectivity index is 2.09. The van der Waals surface area contributed by atoms with E-state index in [1.54, 1.807) is 19.1 Å². The molecule has 2 aromatic carbocycles.